The predicted molar refractivity (Wildman–Crippen MR) is 285 cm³/mol. The van der Waals surface area contributed by atoms with Crippen molar-refractivity contribution in [3.63, 3.8) is 0 Å². The average Bonchev–Trinajstić information content (AvgIpc) is 3.90. The summed E-state index contributed by atoms with van der Waals surface area (Å²) in [5, 5.41) is 49.0. The molecule has 21 nitrogen and oxygen atoms in total. The summed E-state index contributed by atoms with van der Waals surface area (Å²) < 4.78 is 0. The van der Waals surface area contributed by atoms with Crippen molar-refractivity contribution >= 4 is 64.5 Å². The van der Waals surface area contributed by atoms with Crippen LogP contribution in [0.4, 0.5) is 0 Å². The van der Waals surface area contributed by atoms with Gasteiger partial charge in [-0.1, -0.05) is 77.0 Å². The van der Waals surface area contributed by atoms with Gasteiger partial charge in [0.25, 0.3) is 0 Å². The average molecular weight is 1090 g/mol. The van der Waals surface area contributed by atoms with Crippen LogP contribution >= 0.6 is 0 Å². The molecule has 0 bridgehead atoms. The van der Waals surface area contributed by atoms with Gasteiger partial charge in [-0.2, -0.15) is 0 Å². The van der Waals surface area contributed by atoms with Crippen molar-refractivity contribution in [2.75, 3.05) is 19.7 Å². The summed E-state index contributed by atoms with van der Waals surface area (Å²) in [6.07, 6.45) is 20.6. The lowest BCUT2D eigenvalue weighted by molar-refractivity contribution is -0.145. The molecule has 0 radical (unpaired) electrons. The Morgan fingerprint density at radius 3 is 1.73 bits per heavy atom. The monoisotopic (exact) mass is 1090 g/mol. The molecule has 9 N–H and O–H groups in total. The first-order valence-corrected chi connectivity index (χ1v) is 28.3. The molecule has 1 aromatic heterocycles. The minimum Gasteiger partial charge on any atom is -0.481 e. The highest BCUT2D eigenvalue weighted by Gasteiger charge is 2.44. The number of carboxylic acids is 3. The maximum atomic E-state index is 13.2. The molecule has 21 heteroatoms. The first-order valence-electron chi connectivity index (χ1n) is 28.3. The Kier molecular flexibility index (Phi) is 34.7. The summed E-state index contributed by atoms with van der Waals surface area (Å²) >= 11 is 0. The highest BCUT2D eigenvalue weighted by atomic mass is 16.4. The number of aromatic amines is 1. The molecular weight excluding hydrogens is 997 g/mol. The number of amides is 3. The Morgan fingerprint density at radius 1 is 0.597 bits per heavy atom. The molecule has 434 valence electrons. The van der Waals surface area contributed by atoms with Crippen LogP contribution in [-0.2, 0) is 59.2 Å². The summed E-state index contributed by atoms with van der Waals surface area (Å²) in [4.78, 5) is 143. The number of ketones is 5. The molecule has 0 spiro atoms. The van der Waals surface area contributed by atoms with Gasteiger partial charge >= 0.3 is 17.9 Å². The molecule has 0 aliphatic heterocycles. The van der Waals surface area contributed by atoms with Gasteiger partial charge < -0.3 is 46.7 Å². The summed E-state index contributed by atoms with van der Waals surface area (Å²) in [5.74, 6) is -8.33. The highest BCUT2D eigenvalue weighted by Crippen LogP contribution is 2.33. The van der Waals surface area contributed by atoms with E-state index in [0.29, 0.717) is 51.5 Å². The van der Waals surface area contributed by atoms with Crippen LogP contribution in [-0.4, -0.2) is 132 Å². The van der Waals surface area contributed by atoms with Gasteiger partial charge in [0.1, 0.15) is 29.2 Å². The van der Waals surface area contributed by atoms with Gasteiger partial charge in [-0.05, 0) is 84.0 Å². The minimum atomic E-state index is -1.48. The Hall–Kier alpha value is -5.70. The number of aliphatic carboxylic acids is 3. The molecular formula is C56H90N6O15. The Bertz CT molecular complexity index is 2010. The van der Waals surface area contributed by atoms with Gasteiger partial charge in [0.05, 0.1) is 37.0 Å². The van der Waals surface area contributed by atoms with Gasteiger partial charge in [0.15, 0.2) is 5.78 Å². The zero-order valence-electron chi connectivity index (χ0n) is 45.6. The van der Waals surface area contributed by atoms with E-state index in [1.165, 1.54) is 38.9 Å². The van der Waals surface area contributed by atoms with E-state index in [1.54, 1.807) is 6.20 Å². The largest absolute Gasteiger partial charge is 0.481 e. The maximum Gasteiger partial charge on any atom is 0.326 e. The number of carboxylic acid groups (broad SMARTS) is 3. The zero-order chi connectivity index (χ0) is 56.9. The number of unbranched alkanes of at least 4 members (excludes halogenated alkanes) is 14. The summed E-state index contributed by atoms with van der Waals surface area (Å²) in [6, 6.07) is -2.06. The number of carbonyl (C=O) groups is 11. The number of aryl methyl sites for hydroxylation is 1. The normalized spacial score (nSPS) is 14.3. The van der Waals surface area contributed by atoms with Crippen molar-refractivity contribution < 1.29 is 73.2 Å². The zero-order valence-corrected chi connectivity index (χ0v) is 45.6. The van der Waals surface area contributed by atoms with E-state index in [0.717, 1.165) is 69.9 Å². The number of nitrogens with one attached hydrogen (secondary N) is 5. The number of aromatic nitrogens is 2. The molecule has 1 aromatic rings. The number of rotatable bonds is 50. The summed E-state index contributed by atoms with van der Waals surface area (Å²) in [7, 11) is 0. The van der Waals surface area contributed by atoms with Gasteiger partial charge in [-0.15, -0.1) is 0 Å². The third kappa shape index (κ3) is 30.7. The number of H-pyrrole nitrogens is 1. The lowest BCUT2D eigenvalue weighted by Gasteiger charge is -2.41. The molecule has 1 heterocycles. The van der Waals surface area contributed by atoms with Crippen molar-refractivity contribution in [1.29, 1.82) is 0 Å². The first kappa shape index (κ1) is 67.4. The van der Waals surface area contributed by atoms with Crippen molar-refractivity contribution in [2.24, 2.45) is 11.8 Å². The third-order valence-corrected chi connectivity index (χ3v) is 14.5. The van der Waals surface area contributed by atoms with Gasteiger partial charge in [-0.3, -0.25) is 47.9 Å². The number of aliphatic hydroxyl groups is 1. The number of nitrogens with zero attached hydrogens (tertiary/aromatic N) is 1. The first-order chi connectivity index (χ1) is 36.8. The van der Waals surface area contributed by atoms with Gasteiger partial charge in [0.2, 0.25) is 17.7 Å². The lowest BCUT2D eigenvalue weighted by atomic mass is 9.73. The number of aliphatic hydroxyl groups excluding tert-OH is 1. The second kappa shape index (κ2) is 39.6. The Balaban J connectivity index is 1.58. The smallest absolute Gasteiger partial charge is 0.326 e. The molecule has 3 amide bonds. The molecule has 77 heavy (non-hydrogen) atoms. The summed E-state index contributed by atoms with van der Waals surface area (Å²) in [5.41, 5.74) is -0.119. The standard InChI is InChI=1S/C56H90N6O15/c1-40(64)46(59-37-49(68)56(31-19-32-56)62-52(71)30-26-43-36-57-39-60-43)21-16-17-33-58-50(69)23-18-22-48(67)42(38-63)35-45(66)27-28-47(55(76)77)61-51(70)29-25-41(54(74)75)34-44(65)20-14-12-10-8-6-4-2-3-5-7-9-11-13-15-24-53(72)73/h36,39,41-42,46-47,59,63H,2-35,37-38H2,1H3,(H,57,60)(H,58,69)(H,61,70)(H,62,71)(H,72,73)(H,74,75)(H,76,77)/t41-,42+,46+,47+/m1/s1. The molecule has 4 atom stereocenters. The van der Waals surface area contributed by atoms with Gasteiger partial charge in [-0.25, -0.2) is 9.78 Å². The number of Topliss-reactive ketones (excluding diaryl/α,β-unsaturated/α-hetero) is 5. The Morgan fingerprint density at radius 2 is 1.19 bits per heavy atom. The molecule has 1 aliphatic carbocycles. The van der Waals surface area contributed by atoms with E-state index >= 15 is 0 Å². The molecule has 2 rings (SSSR count). The highest BCUT2D eigenvalue weighted by molar-refractivity contribution is 5.96. The van der Waals surface area contributed by atoms with Crippen LogP contribution in [0.2, 0.25) is 0 Å². The molecule has 1 aliphatic rings. The van der Waals surface area contributed by atoms with Crippen molar-refractivity contribution in [2.45, 2.75) is 236 Å². The molecule has 0 aromatic carbocycles. The fourth-order valence-corrected chi connectivity index (χ4v) is 9.46. The van der Waals surface area contributed by atoms with E-state index in [4.69, 9.17) is 5.11 Å². The van der Waals surface area contributed by atoms with Crippen LogP contribution in [0.3, 0.4) is 0 Å². The molecule has 1 saturated carbocycles. The van der Waals surface area contributed by atoms with Crippen LogP contribution in [0.1, 0.15) is 218 Å². The van der Waals surface area contributed by atoms with E-state index in [9.17, 15) is 68.1 Å². The Labute approximate surface area is 453 Å². The van der Waals surface area contributed by atoms with Crippen LogP contribution in [0.25, 0.3) is 0 Å². The van der Waals surface area contributed by atoms with E-state index < -0.39 is 71.4 Å². The van der Waals surface area contributed by atoms with E-state index in [2.05, 4.69) is 31.2 Å². The van der Waals surface area contributed by atoms with Crippen LogP contribution in [0, 0.1) is 11.8 Å². The number of carbonyl (C=O) groups excluding carboxylic acids is 8. The number of hydrogen-bond donors (Lipinski definition) is 9. The lowest BCUT2D eigenvalue weighted by Crippen LogP contribution is -2.61. The molecule has 0 unspecified atom stereocenters. The second-order valence-electron chi connectivity index (χ2n) is 21.0. The quantitative estimate of drug-likeness (QED) is 0.0328. The topological polar surface area (TPSA) is 345 Å². The van der Waals surface area contributed by atoms with Crippen LogP contribution in [0.5, 0.6) is 0 Å². The molecule has 0 saturated heterocycles. The SMILES string of the molecule is CC(=O)[C@H](CCCCNC(=O)CCCC(=O)[C@H](CO)CC(=O)CC[C@H](NC(=O)CC[C@H](CC(=O)CCCCCCCCCCCCCCCCC(=O)O)C(=O)O)C(=O)O)NCC(=O)C1(NC(=O)CCc2cnc[nH]2)CCC1. The van der Waals surface area contributed by atoms with Crippen molar-refractivity contribution in [3.05, 3.63) is 18.2 Å². The van der Waals surface area contributed by atoms with Gasteiger partial charge in [0, 0.05) is 82.1 Å². The van der Waals surface area contributed by atoms with Crippen molar-refractivity contribution in [3.8, 4) is 0 Å². The summed E-state index contributed by atoms with van der Waals surface area (Å²) in [6.45, 7) is 1.04. The third-order valence-electron chi connectivity index (χ3n) is 14.5. The van der Waals surface area contributed by atoms with E-state index in [1.807, 2.05) is 0 Å². The maximum absolute atomic E-state index is 13.2. The second-order valence-corrected chi connectivity index (χ2v) is 21.0. The predicted octanol–water partition coefficient (Wildman–Crippen LogP) is 6.21. The minimum absolute atomic E-state index is 0.00810. The fraction of sp³-hybridized carbons (Fsp3) is 0.750. The van der Waals surface area contributed by atoms with E-state index in [-0.39, 0.29) is 113 Å². The fourth-order valence-electron chi connectivity index (χ4n) is 9.46. The number of imidazole rings is 1. The van der Waals surface area contributed by atoms with Crippen molar-refractivity contribution in [1.82, 2.24) is 31.2 Å². The number of hydrogen-bond acceptors (Lipinski definition) is 14. The van der Waals surface area contributed by atoms with Crippen LogP contribution in [0.15, 0.2) is 12.5 Å². The molecule has 1 fully saturated rings. The van der Waals surface area contributed by atoms with Crippen LogP contribution < -0.4 is 21.3 Å².